The predicted molar refractivity (Wildman–Crippen MR) is 112 cm³/mol. The second-order valence-corrected chi connectivity index (χ2v) is 8.06. The summed E-state index contributed by atoms with van der Waals surface area (Å²) in [5.41, 5.74) is 2.13. The highest BCUT2D eigenvalue weighted by molar-refractivity contribution is 7.80. The molecule has 1 atom stereocenters. The van der Waals surface area contributed by atoms with Crippen molar-refractivity contribution >= 4 is 45.5 Å². The number of amides is 1. The monoisotopic (exact) mass is 402 g/mol. The van der Waals surface area contributed by atoms with Gasteiger partial charge in [-0.05, 0) is 62.0 Å². The van der Waals surface area contributed by atoms with Gasteiger partial charge in [0.1, 0.15) is 5.00 Å². The Morgan fingerprint density at radius 3 is 2.74 bits per heavy atom. The van der Waals surface area contributed by atoms with Crippen molar-refractivity contribution in [3.63, 3.8) is 0 Å². The first kappa shape index (κ1) is 19.5. The summed E-state index contributed by atoms with van der Waals surface area (Å²) in [4.78, 5) is 26.0. The van der Waals surface area contributed by atoms with Crippen molar-refractivity contribution in [2.75, 3.05) is 11.9 Å². The standard InChI is InChI=1S/C20H22N2O3S2/c1-3-25-19(24)16-14-10-9-12(2)11-15(14)27-18(16)22-20(26)21-17(23)13-7-5-4-6-8-13/h4-8,12H,3,9-11H2,1-2H3,(H2,21,22,23,26)/t12-/m1/s1. The molecule has 0 fully saturated rings. The summed E-state index contributed by atoms with van der Waals surface area (Å²) in [5.74, 6) is -0.0475. The quantitative estimate of drug-likeness (QED) is 0.593. The molecule has 27 heavy (non-hydrogen) atoms. The number of fused-ring (bicyclic) bond motifs is 1. The van der Waals surface area contributed by atoms with Gasteiger partial charge in [0.2, 0.25) is 0 Å². The zero-order chi connectivity index (χ0) is 19.4. The van der Waals surface area contributed by atoms with E-state index in [0.29, 0.717) is 28.7 Å². The molecule has 1 aromatic heterocycles. The number of thiophene rings is 1. The summed E-state index contributed by atoms with van der Waals surface area (Å²) >= 11 is 6.82. The highest BCUT2D eigenvalue weighted by atomic mass is 32.1. The van der Waals surface area contributed by atoms with Crippen molar-refractivity contribution in [1.29, 1.82) is 0 Å². The molecule has 0 spiro atoms. The minimum absolute atomic E-state index is 0.168. The number of ether oxygens (including phenoxy) is 1. The molecule has 0 unspecified atom stereocenters. The van der Waals surface area contributed by atoms with E-state index >= 15 is 0 Å². The Labute approximate surface area is 168 Å². The van der Waals surface area contributed by atoms with Crippen molar-refractivity contribution in [3.8, 4) is 0 Å². The minimum Gasteiger partial charge on any atom is -0.462 e. The highest BCUT2D eigenvalue weighted by Gasteiger charge is 2.28. The third kappa shape index (κ3) is 4.54. The van der Waals surface area contributed by atoms with Gasteiger partial charge in [0.15, 0.2) is 5.11 Å². The van der Waals surface area contributed by atoms with Gasteiger partial charge in [-0.1, -0.05) is 25.1 Å². The van der Waals surface area contributed by atoms with Crippen LogP contribution in [0.1, 0.15) is 51.4 Å². The molecule has 0 radical (unpaired) electrons. The number of hydrogen-bond acceptors (Lipinski definition) is 5. The van der Waals surface area contributed by atoms with E-state index in [0.717, 1.165) is 24.8 Å². The van der Waals surface area contributed by atoms with Gasteiger partial charge in [-0.3, -0.25) is 10.1 Å². The van der Waals surface area contributed by atoms with E-state index in [1.54, 1.807) is 31.2 Å². The number of esters is 1. The first-order valence-corrected chi connectivity index (χ1v) is 10.2. The van der Waals surface area contributed by atoms with Crippen LogP contribution in [-0.4, -0.2) is 23.6 Å². The molecule has 0 bridgehead atoms. The fourth-order valence-electron chi connectivity index (χ4n) is 3.16. The highest BCUT2D eigenvalue weighted by Crippen LogP contribution is 2.40. The Balaban J connectivity index is 1.80. The molecule has 2 N–H and O–H groups in total. The lowest BCUT2D eigenvalue weighted by Gasteiger charge is -2.18. The van der Waals surface area contributed by atoms with Crippen LogP contribution >= 0.6 is 23.6 Å². The van der Waals surface area contributed by atoms with Gasteiger partial charge in [0.25, 0.3) is 5.91 Å². The average Bonchev–Trinajstić information content (AvgIpc) is 2.99. The van der Waals surface area contributed by atoms with Crippen LogP contribution in [0.5, 0.6) is 0 Å². The van der Waals surface area contributed by atoms with Crippen LogP contribution in [0.15, 0.2) is 30.3 Å². The fourth-order valence-corrected chi connectivity index (χ4v) is 4.82. The van der Waals surface area contributed by atoms with E-state index < -0.39 is 0 Å². The van der Waals surface area contributed by atoms with Gasteiger partial charge in [0.05, 0.1) is 12.2 Å². The van der Waals surface area contributed by atoms with Crippen molar-refractivity contribution in [1.82, 2.24) is 5.32 Å². The molecule has 3 rings (SSSR count). The third-order valence-electron chi connectivity index (χ3n) is 4.48. The Morgan fingerprint density at radius 2 is 2.04 bits per heavy atom. The number of carbonyl (C=O) groups excluding carboxylic acids is 2. The van der Waals surface area contributed by atoms with Crippen molar-refractivity contribution in [2.24, 2.45) is 5.92 Å². The Kier molecular flexibility index (Phi) is 6.23. The molecule has 7 heteroatoms. The number of thiocarbonyl (C=S) groups is 1. The zero-order valence-electron chi connectivity index (χ0n) is 15.3. The molecule has 1 heterocycles. The summed E-state index contributed by atoms with van der Waals surface area (Å²) in [5, 5.41) is 6.52. The maximum atomic E-state index is 12.5. The summed E-state index contributed by atoms with van der Waals surface area (Å²) in [6, 6.07) is 8.86. The first-order chi connectivity index (χ1) is 13.0. The Hall–Kier alpha value is -2.25. The number of nitrogens with one attached hydrogen (secondary N) is 2. The Bertz CT molecular complexity index is 862. The second kappa shape index (κ2) is 8.63. The van der Waals surface area contributed by atoms with E-state index in [-0.39, 0.29) is 17.0 Å². The predicted octanol–water partition coefficient (Wildman–Crippen LogP) is 4.18. The SMILES string of the molecule is CCOC(=O)c1c(NC(=S)NC(=O)c2ccccc2)sc2c1CC[C@@H](C)C2. The topological polar surface area (TPSA) is 67.4 Å². The smallest absolute Gasteiger partial charge is 0.341 e. The van der Waals surface area contributed by atoms with Gasteiger partial charge >= 0.3 is 5.97 Å². The first-order valence-electron chi connectivity index (χ1n) is 8.98. The lowest BCUT2D eigenvalue weighted by atomic mass is 9.88. The molecule has 5 nitrogen and oxygen atoms in total. The van der Waals surface area contributed by atoms with E-state index in [1.807, 2.05) is 6.07 Å². The number of carbonyl (C=O) groups is 2. The van der Waals surface area contributed by atoms with Crippen molar-refractivity contribution in [3.05, 3.63) is 51.9 Å². The largest absolute Gasteiger partial charge is 0.462 e. The summed E-state index contributed by atoms with van der Waals surface area (Å²) < 4.78 is 5.25. The molecule has 2 aromatic rings. The molecule has 0 saturated carbocycles. The number of benzene rings is 1. The van der Waals surface area contributed by atoms with E-state index in [9.17, 15) is 9.59 Å². The summed E-state index contributed by atoms with van der Waals surface area (Å²) in [6.07, 6.45) is 2.84. The van der Waals surface area contributed by atoms with Gasteiger partial charge in [-0.2, -0.15) is 0 Å². The van der Waals surface area contributed by atoms with Crippen LogP contribution in [-0.2, 0) is 17.6 Å². The number of anilines is 1. The minimum atomic E-state index is -0.343. The Morgan fingerprint density at radius 1 is 1.30 bits per heavy atom. The molecular weight excluding hydrogens is 380 g/mol. The maximum Gasteiger partial charge on any atom is 0.341 e. The number of rotatable bonds is 4. The normalized spacial score (nSPS) is 15.6. The second-order valence-electron chi connectivity index (χ2n) is 6.55. The molecule has 0 aliphatic heterocycles. The molecule has 1 aliphatic rings. The summed E-state index contributed by atoms with van der Waals surface area (Å²) in [6.45, 7) is 4.32. The average molecular weight is 403 g/mol. The zero-order valence-corrected chi connectivity index (χ0v) is 17.0. The van der Waals surface area contributed by atoms with Gasteiger partial charge < -0.3 is 10.1 Å². The molecule has 1 amide bonds. The maximum absolute atomic E-state index is 12.5. The summed E-state index contributed by atoms with van der Waals surface area (Å²) in [7, 11) is 0. The van der Waals surface area contributed by atoms with Gasteiger partial charge in [0, 0.05) is 10.4 Å². The van der Waals surface area contributed by atoms with E-state index in [4.69, 9.17) is 17.0 Å². The van der Waals surface area contributed by atoms with Crippen LogP contribution < -0.4 is 10.6 Å². The lowest BCUT2D eigenvalue weighted by molar-refractivity contribution is 0.0526. The van der Waals surface area contributed by atoms with Crippen LogP contribution in [0.25, 0.3) is 0 Å². The van der Waals surface area contributed by atoms with E-state index in [1.165, 1.54) is 16.2 Å². The van der Waals surface area contributed by atoms with Crippen LogP contribution in [0.2, 0.25) is 0 Å². The van der Waals surface area contributed by atoms with Crippen molar-refractivity contribution in [2.45, 2.75) is 33.1 Å². The molecule has 0 saturated heterocycles. The lowest BCUT2D eigenvalue weighted by Crippen LogP contribution is -2.34. The van der Waals surface area contributed by atoms with Crippen LogP contribution in [0.3, 0.4) is 0 Å². The molecule has 1 aromatic carbocycles. The van der Waals surface area contributed by atoms with Crippen LogP contribution in [0, 0.1) is 5.92 Å². The van der Waals surface area contributed by atoms with Crippen molar-refractivity contribution < 1.29 is 14.3 Å². The molecule has 1 aliphatic carbocycles. The molecular formula is C20H22N2O3S2. The fraction of sp³-hybridized carbons (Fsp3) is 0.350. The van der Waals surface area contributed by atoms with Gasteiger partial charge in [-0.15, -0.1) is 11.3 Å². The third-order valence-corrected chi connectivity index (χ3v) is 5.86. The van der Waals surface area contributed by atoms with E-state index in [2.05, 4.69) is 17.6 Å². The van der Waals surface area contributed by atoms with Gasteiger partial charge in [-0.25, -0.2) is 4.79 Å². The molecule has 142 valence electrons. The van der Waals surface area contributed by atoms with Crippen LogP contribution in [0.4, 0.5) is 5.00 Å². The number of hydrogen-bond donors (Lipinski definition) is 2.